The van der Waals surface area contributed by atoms with Gasteiger partial charge in [0.1, 0.15) is 0 Å². The Bertz CT molecular complexity index is 391. The second-order valence-corrected chi connectivity index (χ2v) is 5.61. The Hall–Kier alpha value is -0.870. The average Bonchev–Trinajstić information content (AvgIpc) is 2.37. The lowest BCUT2D eigenvalue weighted by Gasteiger charge is -2.21. The van der Waals surface area contributed by atoms with E-state index in [9.17, 15) is 4.79 Å². The van der Waals surface area contributed by atoms with Crippen molar-refractivity contribution < 1.29 is 4.79 Å². The summed E-state index contributed by atoms with van der Waals surface area (Å²) in [5.74, 6) is 0.113. The lowest BCUT2D eigenvalue weighted by molar-refractivity contribution is -0.124. The molecule has 0 aromatic heterocycles. The smallest absolute Gasteiger partial charge is 0.237 e. The van der Waals surface area contributed by atoms with Gasteiger partial charge in [0, 0.05) is 4.47 Å². The van der Waals surface area contributed by atoms with Crippen LogP contribution in [0.15, 0.2) is 28.7 Å². The molecule has 18 heavy (non-hydrogen) atoms. The predicted octanol–water partition coefficient (Wildman–Crippen LogP) is 3.00. The van der Waals surface area contributed by atoms with Gasteiger partial charge in [0.2, 0.25) is 5.91 Å². The third kappa shape index (κ3) is 4.10. The second kappa shape index (κ2) is 6.90. The van der Waals surface area contributed by atoms with Crippen LogP contribution in [-0.4, -0.2) is 11.9 Å². The molecule has 1 aromatic rings. The molecule has 0 saturated heterocycles. The third-order valence-electron chi connectivity index (χ3n) is 3.29. The second-order valence-electron chi connectivity index (χ2n) is 4.69. The monoisotopic (exact) mass is 312 g/mol. The Labute approximate surface area is 117 Å². The number of benzene rings is 1. The lowest BCUT2D eigenvalue weighted by atomic mass is 9.98. The van der Waals surface area contributed by atoms with E-state index in [2.05, 4.69) is 21.2 Å². The van der Waals surface area contributed by atoms with Gasteiger partial charge in [-0.2, -0.15) is 0 Å². The first-order chi connectivity index (χ1) is 8.45. The lowest BCUT2D eigenvalue weighted by Crippen LogP contribution is -2.45. The van der Waals surface area contributed by atoms with E-state index >= 15 is 0 Å². The van der Waals surface area contributed by atoms with E-state index in [1.807, 2.05) is 45.0 Å². The average molecular weight is 313 g/mol. The van der Waals surface area contributed by atoms with Crippen molar-refractivity contribution in [3.63, 3.8) is 0 Å². The van der Waals surface area contributed by atoms with Crippen LogP contribution in [0.2, 0.25) is 0 Å². The Kier molecular flexibility index (Phi) is 5.82. The zero-order chi connectivity index (χ0) is 13.7. The molecule has 3 nitrogen and oxygen atoms in total. The molecule has 0 fully saturated rings. The fourth-order valence-electron chi connectivity index (χ4n) is 1.66. The molecule has 0 aliphatic rings. The topological polar surface area (TPSA) is 55.1 Å². The van der Waals surface area contributed by atoms with Crippen LogP contribution in [0.5, 0.6) is 0 Å². The molecule has 4 heteroatoms. The van der Waals surface area contributed by atoms with Gasteiger partial charge in [-0.1, -0.05) is 48.3 Å². The maximum atomic E-state index is 11.9. The molecule has 1 aromatic carbocycles. The number of halogens is 1. The number of nitrogens with one attached hydrogen (secondary N) is 1. The standard InChI is InChI=1S/C14H21BrN2O/c1-4-9(2)13(16)14(18)17-10(3)11-5-7-12(15)8-6-11/h5-10,13H,4,16H2,1-3H3,(H,17,18)/t9?,10-,13?/m0/s1. The van der Waals surface area contributed by atoms with Crippen molar-refractivity contribution >= 4 is 21.8 Å². The first kappa shape index (κ1) is 15.2. The van der Waals surface area contributed by atoms with Crippen molar-refractivity contribution in [2.24, 2.45) is 11.7 Å². The van der Waals surface area contributed by atoms with Crippen LogP contribution in [0.1, 0.15) is 38.8 Å². The normalized spacial score (nSPS) is 15.8. The summed E-state index contributed by atoms with van der Waals surface area (Å²) >= 11 is 3.39. The number of hydrogen-bond acceptors (Lipinski definition) is 2. The maximum Gasteiger partial charge on any atom is 0.237 e. The van der Waals surface area contributed by atoms with Crippen LogP contribution in [-0.2, 0) is 4.79 Å². The summed E-state index contributed by atoms with van der Waals surface area (Å²) in [7, 11) is 0. The highest BCUT2D eigenvalue weighted by atomic mass is 79.9. The van der Waals surface area contributed by atoms with Crippen LogP contribution < -0.4 is 11.1 Å². The van der Waals surface area contributed by atoms with E-state index in [0.717, 1.165) is 16.5 Å². The molecule has 2 unspecified atom stereocenters. The van der Waals surface area contributed by atoms with Gasteiger partial charge in [-0.25, -0.2) is 0 Å². The number of amides is 1. The SMILES string of the molecule is CCC(C)C(N)C(=O)N[C@@H](C)c1ccc(Br)cc1. The molecule has 100 valence electrons. The van der Waals surface area contributed by atoms with Crippen molar-refractivity contribution in [1.82, 2.24) is 5.32 Å². The summed E-state index contributed by atoms with van der Waals surface area (Å²) in [4.78, 5) is 11.9. The number of carbonyl (C=O) groups is 1. The summed E-state index contributed by atoms with van der Waals surface area (Å²) in [5, 5.41) is 2.95. The van der Waals surface area contributed by atoms with Gasteiger partial charge in [0.05, 0.1) is 12.1 Å². The molecule has 3 N–H and O–H groups in total. The fourth-order valence-corrected chi connectivity index (χ4v) is 1.92. The Morgan fingerprint density at radius 1 is 1.33 bits per heavy atom. The van der Waals surface area contributed by atoms with Gasteiger partial charge in [0.15, 0.2) is 0 Å². The molecule has 0 heterocycles. The number of nitrogens with two attached hydrogens (primary N) is 1. The molecule has 1 amide bonds. The highest BCUT2D eigenvalue weighted by Crippen LogP contribution is 2.17. The zero-order valence-corrected chi connectivity index (χ0v) is 12.7. The Morgan fingerprint density at radius 2 is 1.89 bits per heavy atom. The first-order valence-corrected chi connectivity index (χ1v) is 7.06. The molecule has 0 saturated carbocycles. The van der Waals surface area contributed by atoms with Gasteiger partial charge in [-0.05, 0) is 30.5 Å². The van der Waals surface area contributed by atoms with E-state index in [-0.39, 0.29) is 17.9 Å². The summed E-state index contributed by atoms with van der Waals surface area (Å²) < 4.78 is 1.03. The highest BCUT2D eigenvalue weighted by Gasteiger charge is 2.21. The predicted molar refractivity (Wildman–Crippen MR) is 78.1 cm³/mol. The van der Waals surface area contributed by atoms with Crippen LogP contribution in [0.4, 0.5) is 0 Å². The molecule has 0 aliphatic carbocycles. The van der Waals surface area contributed by atoms with Crippen LogP contribution in [0, 0.1) is 5.92 Å². The van der Waals surface area contributed by atoms with Crippen molar-refractivity contribution in [3.05, 3.63) is 34.3 Å². The molecule has 0 radical (unpaired) electrons. The molecule has 0 spiro atoms. The quantitative estimate of drug-likeness (QED) is 0.878. The van der Waals surface area contributed by atoms with Gasteiger partial charge in [-0.3, -0.25) is 4.79 Å². The molecular formula is C14H21BrN2O. The van der Waals surface area contributed by atoms with E-state index in [1.54, 1.807) is 0 Å². The van der Waals surface area contributed by atoms with Crippen molar-refractivity contribution in [1.29, 1.82) is 0 Å². The van der Waals surface area contributed by atoms with Crippen LogP contribution in [0.3, 0.4) is 0 Å². The Balaban J connectivity index is 2.61. The fraction of sp³-hybridized carbons (Fsp3) is 0.500. The van der Waals surface area contributed by atoms with Gasteiger partial charge in [-0.15, -0.1) is 0 Å². The Morgan fingerprint density at radius 3 is 2.39 bits per heavy atom. The highest BCUT2D eigenvalue weighted by molar-refractivity contribution is 9.10. The summed E-state index contributed by atoms with van der Waals surface area (Å²) in [6.07, 6.45) is 0.904. The first-order valence-electron chi connectivity index (χ1n) is 6.27. The van der Waals surface area contributed by atoms with Crippen molar-refractivity contribution in [3.8, 4) is 0 Å². The van der Waals surface area contributed by atoms with Crippen LogP contribution in [0.25, 0.3) is 0 Å². The van der Waals surface area contributed by atoms with Crippen molar-refractivity contribution in [2.45, 2.75) is 39.3 Å². The largest absolute Gasteiger partial charge is 0.348 e. The van der Waals surface area contributed by atoms with Gasteiger partial charge in [0.25, 0.3) is 0 Å². The zero-order valence-electron chi connectivity index (χ0n) is 11.1. The molecule has 0 bridgehead atoms. The number of hydrogen-bond donors (Lipinski definition) is 2. The van der Waals surface area contributed by atoms with E-state index in [4.69, 9.17) is 5.73 Å². The van der Waals surface area contributed by atoms with Crippen molar-refractivity contribution in [2.75, 3.05) is 0 Å². The minimum Gasteiger partial charge on any atom is -0.348 e. The third-order valence-corrected chi connectivity index (χ3v) is 3.82. The van der Waals surface area contributed by atoms with Gasteiger partial charge >= 0.3 is 0 Å². The number of rotatable bonds is 5. The van der Waals surface area contributed by atoms with E-state index < -0.39 is 6.04 Å². The molecule has 1 rings (SSSR count). The van der Waals surface area contributed by atoms with Gasteiger partial charge < -0.3 is 11.1 Å². The summed E-state index contributed by atoms with van der Waals surface area (Å²) in [6, 6.07) is 7.45. The van der Waals surface area contributed by atoms with E-state index in [0.29, 0.717) is 0 Å². The molecule has 3 atom stereocenters. The minimum absolute atomic E-state index is 0.0271. The van der Waals surface area contributed by atoms with E-state index in [1.165, 1.54) is 0 Å². The minimum atomic E-state index is -0.437. The summed E-state index contributed by atoms with van der Waals surface area (Å²) in [6.45, 7) is 6.00. The number of carbonyl (C=O) groups excluding carboxylic acids is 1. The molecule has 0 aliphatic heterocycles. The maximum absolute atomic E-state index is 11.9. The summed E-state index contributed by atoms with van der Waals surface area (Å²) in [5.41, 5.74) is 6.97. The van der Waals surface area contributed by atoms with Crippen LogP contribution >= 0.6 is 15.9 Å². The molecular weight excluding hydrogens is 292 g/mol.